The third-order valence-corrected chi connectivity index (χ3v) is 3.99. The number of para-hydroxylation sites is 1. The molecule has 0 saturated heterocycles. The molecule has 1 amide bonds. The SMILES string of the molecule is CCSc1ccccc1C(=O)NCC#CCOc1ccccc1F. The standard InChI is InChI=1S/C19H18FNO2S/c1-2-24-18-12-6-3-9-15(18)19(22)21-13-7-8-14-23-17-11-5-4-10-16(17)20/h3-6,9-12H,2,13-14H2,1H3,(H,21,22). The predicted molar refractivity (Wildman–Crippen MR) is 94.8 cm³/mol. The van der Waals surface area contributed by atoms with Crippen LogP contribution in [0.15, 0.2) is 53.4 Å². The number of amides is 1. The van der Waals surface area contributed by atoms with Gasteiger partial charge in [-0.3, -0.25) is 4.79 Å². The molecule has 0 spiro atoms. The molecule has 0 fully saturated rings. The zero-order valence-corrected chi connectivity index (χ0v) is 14.2. The van der Waals surface area contributed by atoms with Gasteiger partial charge in [-0.1, -0.05) is 43.0 Å². The fourth-order valence-corrected chi connectivity index (χ4v) is 2.75. The monoisotopic (exact) mass is 343 g/mol. The van der Waals surface area contributed by atoms with E-state index in [1.807, 2.05) is 25.1 Å². The van der Waals surface area contributed by atoms with Gasteiger partial charge in [-0.2, -0.15) is 0 Å². The highest BCUT2D eigenvalue weighted by molar-refractivity contribution is 7.99. The molecule has 0 saturated carbocycles. The Labute approximate surface area is 145 Å². The van der Waals surface area contributed by atoms with Crippen LogP contribution in [0, 0.1) is 17.7 Å². The third kappa shape index (κ3) is 5.32. The summed E-state index contributed by atoms with van der Waals surface area (Å²) < 4.78 is 18.5. The summed E-state index contributed by atoms with van der Waals surface area (Å²) in [6, 6.07) is 13.6. The van der Waals surface area contributed by atoms with E-state index in [0.717, 1.165) is 10.6 Å². The van der Waals surface area contributed by atoms with Crippen LogP contribution < -0.4 is 10.1 Å². The van der Waals surface area contributed by atoms with E-state index in [2.05, 4.69) is 17.2 Å². The number of hydrogen-bond donors (Lipinski definition) is 1. The highest BCUT2D eigenvalue weighted by Gasteiger charge is 2.09. The molecular formula is C19H18FNO2S. The Morgan fingerprint density at radius 2 is 1.92 bits per heavy atom. The third-order valence-electron chi connectivity index (χ3n) is 3.03. The number of rotatable bonds is 6. The van der Waals surface area contributed by atoms with E-state index in [4.69, 9.17) is 4.74 Å². The number of hydrogen-bond acceptors (Lipinski definition) is 3. The molecule has 2 aromatic rings. The van der Waals surface area contributed by atoms with E-state index in [9.17, 15) is 9.18 Å². The van der Waals surface area contributed by atoms with E-state index in [-0.39, 0.29) is 24.8 Å². The summed E-state index contributed by atoms with van der Waals surface area (Å²) in [5, 5.41) is 2.75. The van der Waals surface area contributed by atoms with Gasteiger partial charge in [0.1, 0.15) is 6.61 Å². The number of carbonyl (C=O) groups excluding carboxylic acids is 1. The van der Waals surface area contributed by atoms with Crippen molar-refractivity contribution in [2.45, 2.75) is 11.8 Å². The molecule has 0 heterocycles. The molecule has 0 radical (unpaired) electrons. The molecule has 0 aliphatic carbocycles. The summed E-state index contributed by atoms with van der Waals surface area (Å²) in [6.07, 6.45) is 0. The minimum absolute atomic E-state index is 0.0685. The molecule has 1 N–H and O–H groups in total. The van der Waals surface area contributed by atoms with E-state index in [0.29, 0.717) is 5.56 Å². The summed E-state index contributed by atoms with van der Waals surface area (Å²) in [5.74, 6) is 6.03. The Bertz CT molecular complexity index is 752. The van der Waals surface area contributed by atoms with Crippen LogP contribution in [0.4, 0.5) is 4.39 Å². The highest BCUT2D eigenvalue weighted by atomic mass is 32.2. The van der Waals surface area contributed by atoms with Crippen molar-refractivity contribution in [3.8, 4) is 17.6 Å². The summed E-state index contributed by atoms with van der Waals surface area (Å²) >= 11 is 1.62. The van der Waals surface area contributed by atoms with Gasteiger partial charge < -0.3 is 10.1 Å². The maximum absolute atomic E-state index is 13.3. The molecule has 0 aromatic heterocycles. The smallest absolute Gasteiger partial charge is 0.253 e. The summed E-state index contributed by atoms with van der Waals surface area (Å²) in [7, 11) is 0. The average molecular weight is 343 g/mol. The first-order valence-electron chi connectivity index (χ1n) is 7.55. The molecule has 0 atom stereocenters. The van der Waals surface area contributed by atoms with Crippen LogP contribution >= 0.6 is 11.8 Å². The zero-order chi connectivity index (χ0) is 17.2. The van der Waals surface area contributed by atoms with Gasteiger partial charge in [0.25, 0.3) is 5.91 Å². The fraction of sp³-hybridized carbons (Fsp3) is 0.211. The first-order chi connectivity index (χ1) is 11.7. The summed E-state index contributed by atoms with van der Waals surface area (Å²) in [6.45, 7) is 2.32. The van der Waals surface area contributed by atoms with E-state index in [1.165, 1.54) is 6.07 Å². The van der Waals surface area contributed by atoms with E-state index in [1.54, 1.807) is 36.0 Å². The molecule has 2 aromatic carbocycles. The minimum Gasteiger partial charge on any atom is -0.478 e. The number of benzene rings is 2. The van der Waals surface area contributed by atoms with Gasteiger partial charge in [0.05, 0.1) is 12.1 Å². The van der Waals surface area contributed by atoms with Crippen molar-refractivity contribution in [3.05, 3.63) is 59.9 Å². The van der Waals surface area contributed by atoms with Crippen LogP contribution in [0.3, 0.4) is 0 Å². The van der Waals surface area contributed by atoms with Crippen molar-refractivity contribution in [1.29, 1.82) is 0 Å². The van der Waals surface area contributed by atoms with Crippen LogP contribution in [0.1, 0.15) is 17.3 Å². The molecule has 3 nitrogen and oxygen atoms in total. The lowest BCUT2D eigenvalue weighted by molar-refractivity contribution is 0.0956. The lowest BCUT2D eigenvalue weighted by atomic mass is 10.2. The first kappa shape index (κ1) is 17.9. The summed E-state index contributed by atoms with van der Waals surface area (Å²) in [4.78, 5) is 13.1. The number of carbonyl (C=O) groups is 1. The van der Waals surface area contributed by atoms with Gasteiger partial charge in [0.15, 0.2) is 11.6 Å². The van der Waals surface area contributed by atoms with Crippen LogP contribution in [0.25, 0.3) is 0 Å². The van der Waals surface area contributed by atoms with Crippen LogP contribution in [0.5, 0.6) is 5.75 Å². The van der Waals surface area contributed by atoms with Crippen molar-refractivity contribution >= 4 is 17.7 Å². The predicted octanol–water partition coefficient (Wildman–Crippen LogP) is 3.75. The Morgan fingerprint density at radius 3 is 2.71 bits per heavy atom. The average Bonchev–Trinajstić information content (AvgIpc) is 2.60. The molecule has 124 valence electrons. The Hall–Kier alpha value is -2.45. The summed E-state index contributed by atoms with van der Waals surface area (Å²) in [5.41, 5.74) is 0.647. The highest BCUT2D eigenvalue weighted by Crippen LogP contribution is 2.21. The second-order valence-corrected chi connectivity index (χ2v) is 5.99. The lowest BCUT2D eigenvalue weighted by Crippen LogP contribution is -2.24. The molecular weight excluding hydrogens is 325 g/mol. The topological polar surface area (TPSA) is 38.3 Å². The second kappa shape index (κ2) is 9.64. The van der Waals surface area contributed by atoms with Crippen LogP contribution in [0.2, 0.25) is 0 Å². The molecule has 0 aliphatic heterocycles. The quantitative estimate of drug-likeness (QED) is 0.641. The Balaban J connectivity index is 1.80. The van der Waals surface area contributed by atoms with Crippen molar-refractivity contribution in [3.63, 3.8) is 0 Å². The van der Waals surface area contributed by atoms with Crippen LogP contribution in [-0.4, -0.2) is 24.8 Å². The largest absolute Gasteiger partial charge is 0.478 e. The molecule has 0 aliphatic rings. The maximum atomic E-state index is 13.3. The van der Waals surface area contributed by atoms with E-state index < -0.39 is 5.82 Å². The maximum Gasteiger partial charge on any atom is 0.253 e. The number of thioether (sulfide) groups is 1. The van der Waals surface area contributed by atoms with Crippen molar-refractivity contribution in [1.82, 2.24) is 5.32 Å². The Kier molecular flexibility index (Phi) is 7.19. The molecule has 24 heavy (non-hydrogen) atoms. The van der Waals surface area contributed by atoms with Gasteiger partial charge in [-0.25, -0.2) is 4.39 Å². The van der Waals surface area contributed by atoms with Gasteiger partial charge in [-0.15, -0.1) is 11.8 Å². The Morgan fingerprint density at radius 1 is 1.17 bits per heavy atom. The first-order valence-corrected chi connectivity index (χ1v) is 8.54. The van der Waals surface area contributed by atoms with Gasteiger partial charge >= 0.3 is 0 Å². The molecule has 0 bridgehead atoms. The van der Waals surface area contributed by atoms with Gasteiger partial charge in [-0.05, 0) is 30.0 Å². The normalized spacial score (nSPS) is 9.75. The van der Waals surface area contributed by atoms with Gasteiger partial charge in [0.2, 0.25) is 0 Å². The van der Waals surface area contributed by atoms with E-state index >= 15 is 0 Å². The van der Waals surface area contributed by atoms with Crippen molar-refractivity contribution in [2.75, 3.05) is 18.9 Å². The zero-order valence-electron chi connectivity index (χ0n) is 13.3. The molecule has 0 unspecified atom stereocenters. The van der Waals surface area contributed by atoms with Gasteiger partial charge in [0, 0.05) is 4.90 Å². The minimum atomic E-state index is -0.419. The van der Waals surface area contributed by atoms with Crippen molar-refractivity contribution < 1.29 is 13.9 Å². The number of nitrogens with one attached hydrogen (secondary N) is 1. The fourth-order valence-electron chi connectivity index (χ4n) is 1.94. The van der Waals surface area contributed by atoms with Crippen molar-refractivity contribution in [2.24, 2.45) is 0 Å². The molecule has 2 rings (SSSR count). The number of ether oxygens (including phenoxy) is 1. The number of halogens is 1. The molecule has 5 heteroatoms. The van der Waals surface area contributed by atoms with Crippen LogP contribution in [-0.2, 0) is 0 Å². The lowest BCUT2D eigenvalue weighted by Gasteiger charge is -2.07. The second-order valence-electron chi connectivity index (χ2n) is 4.68.